The lowest BCUT2D eigenvalue weighted by molar-refractivity contribution is 0.0918. The van der Waals surface area contributed by atoms with E-state index in [4.69, 9.17) is 9.47 Å². The molecule has 0 spiro atoms. The van der Waals surface area contributed by atoms with E-state index in [-0.39, 0.29) is 11.2 Å². The van der Waals surface area contributed by atoms with Crippen LogP contribution in [-0.4, -0.2) is 19.5 Å². The van der Waals surface area contributed by atoms with Gasteiger partial charge < -0.3 is 9.47 Å². The monoisotopic (exact) mass is 220 g/mol. The number of Topliss-reactive ketones (excluding diaryl/α,β-unsaturated/α-hetero) is 1. The summed E-state index contributed by atoms with van der Waals surface area (Å²) in [7, 11) is 1.60. The van der Waals surface area contributed by atoms with Crippen molar-refractivity contribution < 1.29 is 14.3 Å². The first-order valence-electron chi connectivity index (χ1n) is 5.36. The third kappa shape index (κ3) is 2.03. The Balaban J connectivity index is 2.41. The van der Waals surface area contributed by atoms with Gasteiger partial charge in [-0.25, -0.2) is 0 Å². The molecule has 86 valence electrons. The Morgan fingerprint density at radius 2 is 2.12 bits per heavy atom. The van der Waals surface area contributed by atoms with E-state index in [0.29, 0.717) is 30.1 Å². The van der Waals surface area contributed by atoms with Crippen molar-refractivity contribution in [3.63, 3.8) is 0 Å². The topological polar surface area (TPSA) is 35.5 Å². The quantitative estimate of drug-likeness (QED) is 0.730. The van der Waals surface area contributed by atoms with Gasteiger partial charge in [-0.3, -0.25) is 4.79 Å². The molecule has 0 aliphatic carbocycles. The van der Waals surface area contributed by atoms with Gasteiger partial charge in [0.15, 0.2) is 5.78 Å². The molecule has 1 aromatic rings. The molecule has 0 atom stereocenters. The van der Waals surface area contributed by atoms with E-state index in [1.54, 1.807) is 25.3 Å². The van der Waals surface area contributed by atoms with Gasteiger partial charge in [-0.15, -0.1) is 0 Å². The molecule has 0 N–H and O–H groups in total. The first kappa shape index (κ1) is 11.0. The molecule has 0 saturated heterocycles. The standard InChI is InChI=1S/C13H16O3/c1-13(2)7-11(14)10-5-4-9(15-3)6-12(10)16-8-13/h4-6H,7-8H2,1-3H3. The summed E-state index contributed by atoms with van der Waals surface area (Å²) in [6, 6.07) is 5.34. The minimum atomic E-state index is -0.108. The van der Waals surface area contributed by atoms with Crippen molar-refractivity contribution in [2.45, 2.75) is 20.3 Å². The van der Waals surface area contributed by atoms with Crippen LogP contribution in [-0.2, 0) is 0 Å². The molecule has 0 unspecified atom stereocenters. The van der Waals surface area contributed by atoms with Gasteiger partial charge in [0.25, 0.3) is 0 Å². The third-order valence-corrected chi connectivity index (χ3v) is 2.75. The van der Waals surface area contributed by atoms with E-state index in [2.05, 4.69) is 0 Å². The van der Waals surface area contributed by atoms with E-state index in [9.17, 15) is 4.79 Å². The number of hydrogen-bond donors (Lipinski definition) is 0. The normalized spacial score (nSPS) is 18.3. The number of fused-ring (bicyclic) bond motifs is 1. The van der Waals surface area contributed by atoms with Gasteiger partial charge in [0.1, 0.15) is 11.5 Å². The minimum absolute atomic E-state index is 0.108. The van der Waals surface area contributed by atoms with Gasteiger partial charge in [0, 0.05) is 17.9 Å². The molecule has 0 bridgehead atoms. The van der Waals surface area contributed by atoms with Crippen molar-refractivity contribution in [2.75, 3.05) is 13.7 Å². The molecule has 1 aliphatic heterocycles. The molecule has 0 saturated carbocycles. The lowest BCUT2D eigenvalue weighted by atomic mass is 9.87. The zero-order chi connectivity index (χ0) is 11.8. The molecular formula is C13H16O3. The number of carbonyl (C=O) groups is 1. The molecule has 3 nitrogen and oxygen atoms in total. The molecule has 16 heavy (non-hydrogen) atoms. The summed E-state index contributed by atoms with van der Waals surface area (Å²) in [5.41, 5.74) is 0.551. The highest BCUT2D eigenvalue weighted by Crippen LogP contribution is 2.34. The van der Waals surface area contributed by atoms with Gasteiger partial charge in [0.05, 0.1) is 19.3 Å². The van der Waals surface area contributed by atoms with E-state index in [1.165, 1.54) is 0 Å². The summed E-state index contributed by atoms with van der Waals surface area (Å²) in [6.45, 7) is 4.63. The van der Waals surface area contributed by atoms with E-state index < -0.39 is 0 Å². The molecule has 1 aliphatic rings. The Morgan fingerprint density at radius 3 is 2.81 bits per heavy atom. The number of carbonyl (C=O) groups excluding carboxylic acids is 1. The summed E-state index contributed by atoms with van der Waals surface area (Å²) in [6.07, 6.45) is 0.520. The van der Waals surface area contributed by atoms with Crippen LogP contribution in [0.1, 0.15) is 30.6 Å². The smallest absolute Gasteiger partial charge is 0.167 e. The first-order valence-corrected chi connectivity index (χ1v) is 5.36. The number of hydrogen-bond acceptors (Lipinski definition) is 3. The van der Waals surface area contributed by atoms with E-state index in [1.807, 2.05) is 13.8 Å². The second-order valence-corrected chi connectivity index (χ2v) is 4.91. The molecule has 1 aromatic carbocycles. The fourth-order valence-electron chi connectivity index (χ4n) is 1.83. The number of ketones is 1. The molecule has 0 amide bonds. The van der Waals surface area contributed by atoms with Crippen LogP contribution in [0, 0.1) is 5.41 Å². The fraction of sp³-hybridized carbons (Fsp3) is 0.462. The molecule has 2 rings (SSSR count). The maximum atomic E-state index is 12.0. The predicted octanol–water partition coefficient (Wildman–Crippen LogP) is 2.69. The molecule has 3 heteroatoms. The molecule has 1 heterocycles. The van der Waals surface area contributed by atoms with Crippen LogP contribution in [0.4, 0.5) is 0 Å². The summed E-state index contributed by atoms with van der Waals surface area (Å²) in [4.78, 5) is 12.0. The number of methoxy groups -OCH3 is 1. The highest BCUT2D eigenvalue weighted by atomic mass is 16.5. The average molecular weight is 220 g/mol. The zero-order valence-electron chi connectivity index (χ0n) is 9.87. The van der Waals surface area contributed by atoms with Crippen molar-refractivity contribution in [1.82, 2.24) is 0 Å². The Labute approximate surface area is 95.4 Å². The SMILES string of the molecule is COc1ccc2c(c1)OCC(C)(C)CC2=O. The van der Waals surface area contributed by atoms with Crippen molar-refractivity contribution in [3.8, 4) is 11.5 Å². The van der Waals surface area contributed by atoms with Crippen LogP contribution >= 0.6 is 0 Å². The Bertz CT molecular complexity index is 421. The lowest BCUT2D eigenvalue weighted by Gasteiger charge is -2.19. The van der Waals surface area contributed by atoms with Gasteiger partial charge in [-0.2, -0.15) is 0 Å². The molecule has 0 fully saturated rings. The zero-order valence-corrected chi connectivity index (χ0v) is 9.87. The average Bonchev–Trinajstić information content (AvgIpc) is 2.35. The maximum Gasteiger partial charge on any atom is 0.167 e. The van der Waals surface area contributed by atoms with Crippen LogP contribution in [0.3, 0.4) is 0 Å². The van der Waals surface area contributed by atoms with Crippen LogP contribution in [0.5, 0.6) is 11.5 Å². The third-order valence-electron chi connectivity index (χ3n) is 2.75. The van der Waals surface area contributed by atoms with Gasteiger partial charge >= 0.3 is 0 Å². The Morgan fingerprint density at radius 1 is 1.38 bits per heavy atom. The van der Waals surface area contributed by atoms with Crippen molar-refractivity contribution in [3.05, 3.63) is 23.8 Å². The number of ether oxygens (including phenoxy) is 2. The van der Waals surface area contributed by atoms with Crippen LogP contribution in [0.2, 0.25) is 0 Å². The summed E-state index contributed by atoms with van der Waals surface area (Å²) in [5.74, 6) is 1.49. The highest BCUT2D eigenvalue weighted by Gasteiger charge is 2.29. The first-order chi connectivity index (χ1) is 7.52. The highest BCUT2D eigenvalue weighted by molar-refractivity contribution is 5.99. The van der Waals surface area contributed by atoms with Crippen LogP contribution < -0.4 is 9.47 Å². The summed E-state index contributed by atoms with van der Waals surface area (Å²) in [5, 5.41) is 0. The van der Waals surface area contributed by atoms with Crippen LogP contribution in [0.15, 0.2) is 18.2 Å². The van der Waals surface area contributed by atoms with Crippen molar-refractivity contribution >= 4 is 5.78 Å². The summed E-state index contributed by atoms with van der Waals surface area (Å²) < 4.78 is 10.8. The Hall–Kier alpha value is -1.51. The second-order valence-electron chi connectivity index (χ2n) is 4.91. The minimum Gasteiger partial charge on any atom is -0.497 e. The Kier molecular flexibility index (Phi) is 2.62. The molecular weight excluding hydrogens is 204 g/mol. The van der Waals surface area contributed by atoms with Crippen molar-refractivity contribution in [1.29, 1.82) is 0 Å². The number of rotatable bonds is 1. The molecule has 0 aromatic heterocycles. The van der Waals surface area contributed by atoms with E-state index in [0.717, 1.165) is 0 Å². The second kappa shape index (κ2) is 3.81. The van der Waals surface area contributed by atoms with Gasteiger partial charge in [0.2, 0.25) is 0 Å². The van der Waals surface area contributed by atoms with Gasteiger partial charge in [-0.05, 0) is 12.1 Å². The van der Waals surface area contributed by atoms with Gasteiger partial charge in [-0.1, -0.05) is 13.8 Å². The summed E-state index contributed by atoms with van der Waals surface area (Å²) >= 11 is 0. The lowest BCUT2D eigenvalue weighted by Crippen LogP contribution is -2.21. The molecule has 0 radical (unpaired) electrons. The van der Waals surface area contributed by atoms with Crippen LogP contribution in [0.25, 0.3) is 0 Å². The maximum absolute atomic E-state index is 12.0. The predicted molar refractivity (Wildman–Crippen MR) is 61.2 cm³/mol. The fourth-order valence-corrected chi connectivity index (χ4v) is 1.83. The van der Waals surface area contributed by atoms with E-state index >= 15 is 0 Å². The number of benzene rings is 1. The largest absolute Gasteiger partial charge is 0.497 e. The van der Waals surface area contributed by atoms with Crippen molar-refractivity contribution in [2.24, 2.45) is 5.41 Å².